The first-order valence-corrected chi connectivity index (χ1v) is 11.1. The fourth-order valence-corrected chi connectivity index (χ4v) is 4.06. The van der Waals surface area contributed by atoms with Crippen molar-refractivity contribution in [3.8, 4) is 0 Å². The highest BCUT2D eigenvalue weighted by atomic mass is 32.2. The van der Waals surface area contributed by atoms with Crippen LogP contribution in [0.25, 0.3) is 0 Å². The van der Waals surface area contributed by atoms with Crippen molar-refractivity contribution >= 4 is 21.7 Å². The lowest BCUT2D eigenvalue weighted by Gasteiger charge is -2.30. The molecule has 0 radical (unpaired) electrons. The second kappa shape index (κ2) is 8.14. The Kier molecular flexibility index (Phi) is 5.84. The molecule has 1 heterocycles. The van der Waals surface area contributed by atoms with E-state index in [1.807, 2.05) is 18.2 Å². The van der Waals surface area contributed by atoms with E-state index in [2.05, 4.69) is 6.07 Å². The van der Waals surface area contributed by atoms with Gasteiger partial charge in [-0.1, -0.05) is 36.4 Å². The molecule has 0 aliphatic carbocycles. The number of ether oxygens (including phenoxy) is 1. The SMILES string of the molecule is C[C@H](OC(=O)c1ccc(CS(C)(=O)=O)cc1)C(=O)N1CCc2ccccc2C1. The van der Waals surface area contributed by atoms with Gasteiger partial charge in [-0.3, -0.25) is 4.79 Å². The van der Waals surface area contributed by atoms with Crippen LogP contribution in [0.2, 0.25) is 0 Å². The summed E-state index contributed by atoms with van der Waals surface area (Å²) >= 11 is 0. The Morgan fingerprint density at radius 1 is 1.07 bits per heavy atom. The van der Waals surface area contributed by atoms with Gasteiger partial charge in [0.2, 0.25) is 0 Å². The number of nitrogens with zero attached hydrogens (tertiary/aromatic N) is 1. The van der Waals surface area contributed by atoms with E-state index in [-0.39, 0.29) is 17.2 Å². The summed E-state index contributed by atoms with van der Waals surface area (Å²) in [6.07, 6.45) is 1.04. The topological polar surface area (TPSA) is 80.8 Å². The van der Waals surface area contributed by atoms with Gasteiger partial charge < -0.3 is 9.64 Å². The first kappa shape index (κ1) is 20.1. The van der Waals surface area contributed by atoms with Crippen molar-refractivity contribution in [1.82, 2.24) is 4.90 Å². The summed E-state index contributed by atoms with van der Waals surface area (Å²) in [6.45, 7) is 2.67. The smallest absolute Gasteiger partial charge is 0.338 e. The minimum absolute atomic E-state index is 0.0896. The van der Waals surface area contributed by atoms with Gasteiger partial charge in [0.1, 0.15) is 0 Å². The molecular weight excluding hydrogens is 378 g/mol. The van der Waals surface area contributed by atoms with Crippen molar-refractivity contribution < 1.29 is 22.7 Å². The number of esters is 1. The summed E-state index contributed by atoms with van der Waals surface area (Å²) < 4.78 is 28.0. The number of fused-ring (bicyclic) bond motifs is 1. The van der Waals surface area contributed by atoms with Gasteiger partial charge >= 0.3 is 5.97 Å². The van der Waals surface area contributed by atoms with Crippen LogP contribution in [0.3, 0.4) is 0 Å². The largest absolute Gasteiger partial charge is 0.449 e. The first-order valence-electron chi connectivity index (χ1n) is 9.06. The van der Waals surface area contributed by atoms with Crippen molar-refractivity contribution in [2.75, 3.05) is 12.8 Å². The first-order chi connectivity index (χ1) is 13.2. The molecule has 0 spiro atoms. The number of hydrogen-bond acceptors (Lipinski definition) is 5. The van der Waals surface area contributed by atoms with E-state index in [9.17, 15) is 18.0 Å². The van der Waals surface area contributed by atoms with Crippen LogP contribution in [0.15, 0.2) is 48.5 Å². The quantitative estimate of drug-likeness (QED) is 0.719. The standard InChI is InChI=1S/C21H23NO5S/c1-15(20(23)22-12-11-17-5-3-4-6-19(17)13-22)27-21(24)18-9-7-16(8-10-18)14-28(2,25)26/h3-10,15H,11-14H2,1-2H3/t15-/m0/s1. The van der Waals surface area contributed by atoms with Gasteiger partial charge in [-0.2, -0.15) is 0 Å². The Morgan fingerprint density at radius 2 is 1.71 bits per heavy atom. The highest BCUT2D eigenvalue weighted by Crippen LogP contribution is 2.20. The Labute approximate surface area is 165 Å². The van der Waals surface area contributed by atoms with Gasteiger partial charge in [0.05, 0.1) is 11.3 Å². The van der Waals surface area contributed by atoms with E-state index in [4.69, 9.17) is 4.74 Å². The molecule has 3 rings (SSSR count). The monoisotopic (exact) mass is 401 g/mol. The van der Waals surface area contributed by atoms with Gasteiger partial charge in [0.25, 0.3) is 5.91 Å². The molecule has 7 heteroatoms. The molecule has 6 nitrogen and oxygen atoms in total. The Morgan fingerprint density at radius 3 is 2.36 bits per heavy atom. The Hall–Kier alpha value is -2.67. The van der Waals surface area contributed by atoms with E-state index in [1.54, 1.807) is 24.0 Å². The summed E-state index contributed by atoms with van der Waals surface area (Å²) in [5, 5.41) is 0. The molecule has 0 fully saturated rings. The van der Waals surface area contributed by atoms with Gasteiger partial charge in [0, 0.05) is 19.3 Å². The molecule has 1 atom stereocenters. The molecule has 2 aromatic carbocycles. The molecular formula is C21H23NO5S. The van der Waals surface area contributed by atoms with E-state index in [0.717, 1.165) is 18.2 Å². The molecule has 1 aliphatic heterocycles. The second-order valence-corrected chi connectivity index (χ2v) is 9.23. The maximum Gasteiger partial charge on any atom is 0.338 e. The van der Waals surface area contributed by atoms with Crippen LogP contribution < -0.4 is 0 Å². The van der Waals surface area contributed by atoms with Gasteiger partial charge in [0.15, 0.2) is 15.9 Å². The number of rotatable bonds is 5. The minimum atomic E-state index is -3.14. The van der Waals surface area contributed by atoms with Crippen molar-refractivity contribution in [3.05, 3.63) is 70.8 Å². The van der Waals surface area contributed by atoms with Crippen molar-refractivity contribution in [2.24, 2.45) is 0 Å². The molecule has 0 N–H and O–H groups in total. The predicted molar refractivity (Wildman–Crippen MR) is 105 cm³/mol. The molecule has 2 aromatic rings. The van der Waals surface area contributed by atoms with E-state index in [0.29, 0.717) is 18.7 Å². The number of benzene rings is 2. The Balaban J connectivity index is 1.60. The summed E-state index contributed by atoms with van der Waals surface area (Å²) in [4.78, 5) is 26.7. The molecule has 0 unspecified atom stereocenters. The van der Waals surface area contributed by atoms with Crippen molar-refractivity contribution in [3.63, 3.8) is 0 Å². The normalized spacial score (nSPS) is 14.9. The average molecular weight is 401 g/mol. The molecule has 0 bridgehead atoms. The third-order valence-electron chi connectivity index (χ3n) is 4.69. The van der Waals surface area contributed by atoms with Crippen LogP contribution >= 0.6 is 0 Å². The number of sulfone groups is 1. The fourth-order valence-electron chi connectivity index (χ4n) is 3.26. The van der Waals surface area contributed by atoms with Crippen LogP contribution in [-0.2, 0) is 38.1 Å². The molecule has 28 heavy (non-hydrogen) atoms. The fraction of sp³-hybridized carbons (Fsp3) is 0.333. The molecule has 0 aromatic heterocycles. The molecule has 1 aliphatic rings. The Bertz CT molecular complexity index is 982. The van der Waals surface area contributed by atoms with E-state index >= 15 is 0 Å². The van der Waals surface area contributed by atoms with Crippen LogP contribution in [0.1, 0.15) is 34.0 Å². The zero-order valence-corrected chi connectivity index (χ0v) is 16.7. The summed E-state index contributed by atoms with van der Waals surface area (Å²) in [5.74, 6) is -0.922. The lowest BCUT2D eigenvalue weighted by molar-refractivity contribution is -0.140. The van der Waals surface area contributed by atoms with Gasteiger partial charge in [-0.15, -0.1) is 0 Å². The predicted octanol–water partition coefficient (Wildman–Crippen LogP) is 2.36. The van der Waals surface area contributed by atoms with E-state index < -0.39 is 21.9 Å². The minimum Gasteiger partial charge on any atom is -0.449 e. The van der Waals surface area contributed by atoms with E-state index in [1.165, 1.54) is 17.7 Å². The zero-order valence-electron chi connectivity index (χ0n) is 15.9. The molecule has 1 amide bonds. The van der Waals surface area contributed by atoms with Crippen molar-refractivity contribution in [1.29, 1.82) is 0 Å². The van der Waals surface area contributed by atoms with Crippen molar-refractivity contribution in [2.45, 2.75) is 31.7 Å². The molecule has 0 saturated heterocycles. The highest BCUT2D eigenvalue weighted by molar-refractivity contribution is 7.89. The highest BCUT2D eigenvalue weighted by Gasteiger charge is 2.27. The maximum absolute atomic E-state index is 12.7. The third kappa shape index (κ3) is 4.98. The number of carbonyl (C=O) groups is 2. The van der Waals surface area contributed by atoms with Gasteiger partial charge in [-0.05, 0) is 42.2 Å². The average Bonchev–Trinajstić information content (AvgIpc) is 2.66. The number of hydrogen-bond donors (Lipinski definition) is 0. The lowest BCUT2D eigenvalue weighted by atomic mass is 9.99. The third-order valence-corrected chi connectivity index (χ3v) is 5.55. The maximum atomic E-state index is 12.7. The van der Waals surface area contributed by atoms with Crippen LogP contribution in [0.5, 0.6) is 0 Å². The molecule has 0 saturated carbocycles. The van der Waals surface area contributed by atoms with Crippen LogP contribution in [0, 0.1) is 0 Å². The number of carbonyl (C=O) groups excluding carboxylic acids is 2. The molecule has 148 valence electrons. The number of amides is 1. The summed E-state index contributed by atoms with van der Waals surface area (Å²) in [5.41, 5.74) is 3.23. The zero-order chi connectivity index (χ0) is 20.3. The van der Waals surface area contributed by atoms with Crippen LogP contribution in [-0.4, -0.2) is 44.1 Å². The lowest BCUT2D eigenvalue weighted by Crippen LogP contribution is -2.42. The van der Waals surface area contributed by atoms with Crippen LogP contribution in [0.4, 0.5) is 0 Å². The summed E-state index contributed by atoms with van der Waals surface area (Å²) in [7, 11) is -3.14. The second-order valence-electron chi connectivity index (χ2n) is 7.09. The summed E-state index contributed by atoms with van der Waals surface area (Å²) in [6, 6.07) is 14.2. The van der Waals surface area contributed by atoms with Gasteiger partial charge in [-0.25, -0.2) is 13.2 Å².